The summed E-state index contributed by atoms with van der Waals surface area (Å²) in [5.41, 5.74) is 2.41. The van der Waals surface area contributed by atoms with Crippen molar-refractivity contribution in [3.63, 3.8) is 0 Å². The van der Waals surface area contributed by atoms with Crippen LogP contribution in [0.5, 0.6) is 5.75 Å². The highest BCUT2D eigenvalue weighted by molar-refractivity contribution is 5.89. The molecule has 3 N–H and O–H groups in total. The van der Waals surface area contributed by atoms with Gasteiger partial charge in [0, 0.05) is 44.2 Å². The lowest BCUT2D eigenvalue weighted by atomic mass is 9.97. The number of phenolic OH excluding ortho intramolecular Hbond substituents is 1. The summed E-state index contributed by atoms with van der Waals surface area (Å²) in [4.78, 5) is 17.7. The van der Waals surface area contributed by atoms with E-state index in [1.165, 1.54) is 19.1 Å². The highest BCUT2D eigenvalue weighted by Crippen LogP contribution is 2.39. The summed E-state index contributed by atoms with van der Waals surface area (Å²) in [6, 6.07) is 15.1. The summed E-state index contributed by atoms with van der Waals surface area (Å²) < 4.78 is 14.5. The maximum Gasteiger partial charge on any atom is 0.221 e. The molecule has 0 aliphatic carbocycles. The van der Waals surface area contributed by atoms with Crippen molar-refractivity contribution in [3.8, 4) is 34.1 Å². The van der Waals surface area contributed by atoms with Crippen molar-refractivity contribution in [1.29, 1.82) is 5.26 Å². The van der Waals surface area contributed by atoms with Crippen LogP contribution in [0.15, 0.2) is 48.5 Å². The molecule has 0 unspecified atom stereocenters. The van der Waals surface area contributed by atoms with Crippen LogP contribution in [0.2, 0.25) is 0 Å². The van der Waals surface area contributed by atoms with Gasteiger partial charge in [-0.05, 0) is 35.4 Å². The maximum atomic E-state index is 14.5. The second kappa shape index (κ2) is 9.04. The topological polar surface area (TPSA) is 101 Å². The van der Waals surface area contributed by atoms with Crippen molar-refractivity contribution >= 4 is 17.4 Å². The molecule has 7 nitrogen and oxygen atoms in total. The van der Waals surface area contributed by atoms with Crippen molar-refractivity contribution in [2.24, 2.45) is 0 Å². The molecule has 32 heavy (non-hydrogen) atoms. The molecule has 1 amide bonds. The second-order valence-corrected chi connectivity index (χ2v) is 7.53. The van der Waals surface area contributed by atoms with Gasteiger partial charge in [-0.3, -0.25) is 4.79 Å². The monoisotopic (exact) mass is 431 g/mol. The standard InChI is InChI=1S/C24H22FN5O2/c1-15(31)28-22-6-5-16(12-21(22)25)19-3-2-4-20(24(19)32)17-11-18(14-26)29-23(13-17)30-9-7-27-8-10-30/h2-6,11-13,27,32H,7-10H2,1H3,(H,28,31). The number of carbonyl (C=O) groups is 1. The molecule has 0 bridgehead atoms. The predicted molar refractivity (Wildman–Crippen MR) is 121 cm³/mol. The van der Waals surface area contributed by atoms with Gasteiger partial charge in [0.2, 0.25) is 5.91 Å². The quantitative estimate of drug-likeness (QED) is 0.585. The molecule has 1 aliphatic heterocycles. The van der Waals surface area contributed by atoms with Gasteiger partial charge in [-0.25, -0.2) is 9.37 Å². The Bertz CT molecular complexity index is 1220. The van der Waals surface area contributed by atoms with Crippen LogP contribution in [-0.4, -0.2) is 42.2 Å². The van der Waals surface area contributed by atoms with Crippen molar-refractivity contribution in [2.75, 3.05) is 36.4 Å². The Hall–Kier alpha value is -3.96. The molecule has 1 aromatic heterocycles. The number of nitrogens with zero attached hydrogens (tertiary/aromatic N) is 3. The zero-order chi connectivity index (χ0) is 22.7. The van der Waals surface area contributed by atoms with E-state index in [2.05, 4.69) is 26.6 Å². The molecular weight excluding hydrogens is 409 g/mol. The number of halogens is 1. The lowest BCUT2D eigenvalue weighted by molar-refractivity contribution is -0.114. The second-order valence-electron chi connectivity index (χ2n) is 7.53. The summed E-state index contributed by atoms with van der Waals surface area (Å²) in [5, 5.41) is 26.2. The molecule has 3 aromatic rings. The first kappa shape index (κ1) is 21.3. The van der Waals surface area contributed by atoms with Gasteiger partial charge in [-0.2, -0.15) is 5.26 Å². The van der Waals surface area contributed by atoms with E-state index in [1.54, 1.807) is 30.3 Å². The predicted octanol–water partition coefficient (Wildman–Crippen LogP) is 3.50. The van der Waals surface area contributed by atoms with E-state index in [4.69, 9.17) is 0 Å². The van der Waals surface area contributed by atoms with Gasteiger partial charge in [0.05, 0.1) is 5.69 Å². The lowest BCUT2D eigenvalue weighted by Gasteiger charge is -2.28. The zero-order valence-corrected chi connectivity index (χ0v) is 17.5. The van der Waals surface area contributed by atoms with Gasteiger partial charge in [0.15, 0.2) is 0 Å². The Balaban J connectivity index is 1.75. The number of rotatable bonds is 4. The molecule has 2 heterocycles. The summed E-state index contributed by atoms with van der Waals surface area (Å²) >= 11 is 0. The van der Waals surface area contributed by atoms with Crippen molar-refractivity contribution in [1.82, 2.24) is 10.3 Å². The Morgan fingerprint density at radius 1 is 1.16 bits per heavy atom. The normalized spacial score (nSPS) is 13.5. The van der Waals surface area contributed by atoms with Crippen LogP contribution in [0.3, 0.4) is 0 Å². The third kappa shape index (κ3) is 4.38. The Morgan fingerprint density at radius 3 is 2.53 bits per heavy atom. The highest BCUT2D eigenvalue weighted by atomic mass is 19.1. The maximum absolute atomic E-state index is 14.5. The van der Waals surface area contributed by atoms with Gasteiger partial charge in [-0.1, -0.05) is 24.3 Å². The fourth-order valence-electron chi connectivity index (χ4n) is 3.77. The van der Waals surface area contributed by atoms with E-state index in [0.29, 0.717) is 28.1 Å². The average Bonchev–Trinajstić information content (AvgIpc) is 2.80. The van der Waals surface area contributed by atoms with E-state index in [0.717, 1.165) is 26.2 Å². The van der Waals surface area contributed by atoms with Gasteiger partial charge in [0.25, 0.3) is 0 Å². The third-order valence-corrected chi connectivity index (χ3v) is 5.31. The number of piperazine rings is 1. The number of amides is 1. The van der Waals surface area contributed by atoms with Gasteiger partial charge >= 0.3 is 0 Å². The fraction of sp³-hybridized carbons (Fsp3) is 0.208. The number of nitrogens with one attached hydrogen (secondary N) is 2. The lowest BCUT2D eigenvalue weighted by Crippen LogP contribution is -2.43. The number of aromatic hydroxyl groups is 1. The number of pyridine rings is 1. The van der Waals surface area contributed by atoms with Crippen LogP contribution in [-0.2, 0) is 4.79 Å². The van der Waals surface area contributed by atoms with Gasteiger partial charge in [-0.15, -0.1) is 0 Å². The summed E-state index contributed by atoms with van der Waals surface area (Å²) in [5.74, 6) is -0.316. The van der Waals surface area contributed by atoms with E-state index in [1.807, 2.05) is 6.07 Å². The number of carbonyl (C=O) groups excluding carboxylic acids is 1. The van der Waals surface area contributed by atoms with E-state index >= 15 is 0 Å². The minimum atomic E-state index is -0.598. The number of hydrogen-bond donors (Lipinski definition) is 3. The van der Waals surface area contributed by atoms with Crippen LogP contribution in [0.4, 0.5) is 15.9 Å². The molecule has 0 saturated carbocycles. The third-order valence-electron chi connectivity index (χ3n) is 5.31. The fourth-order valence-corrected chi connectivity index (χ4v) is 3.77. The van der Waals surface area contributed by atoms with E-state index in [-0.39, 0.29) is 23.0 Å². The number of phenols is 1. The molecule has 8 heteroatoms. The largest absolute Gasteiger partial charge is 0.507 e. The molecule has 0 spiro atoms. The van der Waals surface area contributed by atoms with Crippen molar-refractivity contribution in [2.45, 2.75) is 6.92 Å². The van der Waals surface area contributed by atoms with E-state index < -0.39 is 5.82 Å². The number of anilines is 2. The molecule has 0 atom stereocenters. The summed E-state index contributed by atoms with van der Waals surface area (Å²) in [6.07, 6.45) is 0. The van der Waals surface area contributed by atoms with Crippen LogP contribution >= 0.6 is 0 Å². The zero-order valence-electron chi connectivity index (χ0n) is 17.5. The first-order valence-electron chi connectivity index (χ1n) is 10.2. The number of aromatic nitrogens is 1. The number of nitriles is 1. The first-order valence-corrected chi connectivity index (χ1v) is 10.2. The Morgan fingerprint density at radius 2 is 1.88 bits per heavy atom. The minimum Gasteiger partial charge on any atom is -0.507 e. The molecule has 0 radical (unpaired) electrons. The van der Waals surface area contributed by atoms with E-state index in [9.17, 15) is 19.6 Å². The van der Waals surface area contributed by atoms with Crippen LogP contribution in [0, 0.1) is 17.1 Å². The Labute approximate surface area is 185 Å². The van der Waals surface area contributed by atoms with Gasteiger partial charge < -0.3 is 20.6 Å². The van der Waals surface area contributed by atoms with Crippen LogP contribution in [0.25, 0.3) is 22.3 Å². The van der Waals surface area contributed by atoms with Crippen LogP contribution < -0.4 is 15.5 Å². The van der Waals surface area contributed by atoms with Gasteiger partial charge in [0.1, 0.15) is 29.1 Å². The number of benzene rings is 2. The highest BCUT2D eigenvalue weighted by Gasteiger charge is 2.17. The molecule has 162 valence electrons. The molecule has 1 fully saturated rings. The smallest absolute Gasteiger partial charge is 0.221 e. The minimum absolute atomic E-state index is 0.0273. The SMILES string of the molecule is CC(=O)Nc1ccc(-c2cccc(-c3cc(C#N)nc(N4CCNCC4)c3)c2O)cc1F. The Kier molecular flexibility index (Phi) is 6.01. The molecule has 1 saturated heterocycles. The van der Waals surface area contributed by atoms with Crippen molar-refractivity contribution in [3.05, 3.63) is 60.0 Å². The molecule has 4 rings (SSSR count). The van der Waals surface area contributed by atoms with Crippen LogP contribution in [0.1, 0.15) is 12.6 Å². The average molecular weight is 431 g/mol. The summed E-state index contributed by atoms with van der Waals surface area (Å²) in [7, 11) is 0. The molecular formula is C24H22FN5O2. The molecule has 1 aliphatic rings. The number of para-hydroxylation sites is 1. The first-order chi connectivity index (χ1) is 15.5. The summed E-state index contributed by atoms with van der Waals surface area (Å²) in [6.45, 7) is 4.51. The molecule has 2 aromatic carbocycles. The number of hydrogen-bond acceptors (Lipinski definition) is 6. The van der Waals surface area contributed by atoms with Crippen molar-refractivity contribution < 1.29 is 14.3 Å².